The standard InChI is InChI=1S/C54H54Cl2N6O10/c1-31-37(29-70-47-17-45(68-27-35-13-33(20-57)22-60-24-35)39(15-43(47)55)26-62-50(52(64)65)54(5,6)67)9-7-11-40(31)41-12-8-10-38(32(41)2)30-71-48-18-46(69-28-36-14-34(21-58)23-61-25-36)42(16-44(48)56)51(59)72-49(63)19-53(3,4)66/h7-18,22-25,50-51,62,66-67H,19,26-30,59H2,1-6H3,(H,64,65)/t50-,51?/m1/s1. The van der Waals surface area contributed by atoms with Crippen molar-refractivity contribution in [1.29, 1.82) is 10.5 Å². The SMILES string of the molecule is Cc1c(COc2cc(OCc3cncc(C#N)c3)c(CN[C@H](C(=O)O)C(C)(C)O)cc2Cl)cccc1-c1cccc(COc2cc(OCc3cncc(C#N)c3)c(C(N)OC(=O)CC(C)(C)O)cc2Cl)c1C. The third-order valence-corrected chi connectivity index (χ3v) is 11.9. The van der Waals surface area contributed by atoms with E-state index in [1.165, 1.54) is 46.2 Å². The summed E-state index contributed by atoms with van der Waals surface area (Å²) in [6, 6.07) is 24.2. The number of hydrogen-bond acceptors (Lipinski definition) is 15. The lowest BCUT2D eigenvalue weighted by Gasteiger charge is -2.27. The number of benzene rings is 4. The zero-order chi connectivity index (χ0) is 52.3. The van der Waals surface area contributed by atoms with Crippen LogP contribution in [0, 0.1) is 36.5 Å². The molecule has 0 saturated heterocycles. The van der Waals surface area contributed by atoms with Crippen molar-refractivity contribution < 1.29 is 48.6 Å². The summed E-state index contributed by atoms with van der Waals surface area (Å²) in [6.45, 7) is 9.94. The van der Waals surface area contributed by atoms with Gasteiger partial charge in [-0.25, -0.2) is 0 Å². The fourth-order valence-electron chi connectivity index (χ4n) is 7.57. The number of rotatable bonds is 22. The van der Waals surface area contributed by atoms with E-state index in [9.17, 15) is 35.4 Å². The third-order valence-electron chi connectivity index (χ3n) is 11.4. The Kier molecular flexibility index (Phi) is 17.8. The number of ether oxygens (including phenoxy) is 5. The molecule has 0 saturated carbocycles. The van der Waals surface area contributed by atoms with Gasteiger partial charge in [-0.1, -0.05) is 59.6 Å². The van der Waals surface area contributed by atoms with Crippen molar-refractivity contribution in [3.05, 3.63) is 163 Å². The maximum atomic E-state index is 12.6. The second-order valence-electron chi connectivity index (χ2n) is 18.1. The second kappa shape index (κ2) is 23.8. The van der Waals surface area contributed by atoms with Gasteiger partial charge in [0.15, 0.2) is 6.23 Å². The van der Waals surface area contributed by atoms with Gasteiger partial charge in [0, 0.05) is 60.2 Å². The van der Waals surface area contributed by atoms with Crippen LogP contribution in [0.4, 0.5) is 0 Å². The summed E-state index contributed by atoms with van der Waals surface area (Å²) in [4.78, 5) is 32.9. The maximum absolute atomic E-state index is 12.6. The monoisotopic (exact) mass is 1020 g/mol. The van der Waals surface area contributed by atoms with E-state index in [1.807, 2.05) is 50.2 Å². The summed E-state index contributed by atoms with van der Waals surface area (Å²) in [5.41, 5.74) is 11.6. The van der Waals surface area contributed by atoms with Crippen LogP contribution in [0.1, 0.15) is 96.0 Å². The lowest BCUT2D eigenvalue weighted by molar-refractivity contribution is -0.153. The smallest absolute Gasteiger partial charge is 0.323 e. The first kappa shape index (κ1) is 54.1. The Morgan fingerprint density at radius 2 is 1.18 bits per heavy atom. The molecule has 2 heterocycles. The Hall–Kier alpha value is -7.28. The van der Waals surface area contributed by atoms with Crippen LogP contribution in [0.25, 0.3) is 11.1 Å². The summed E-state index contributed by atoms with van der Waals surface area (Å²) < 4.78 is 30.5. The number of carbonyl (C=O) groups is 2. The fourth-order valence-corrected chi connectivity index (χ4v) is 8.04. The topological polar surface area (TPSA) is 252 Å². The Labute approximate surface area is 427 Å². The van der Waals surface area contributed by atoms with E-state index >= 15 is 0 Å². The van der Waals surface area contributed by atoms with Crippen molar-refractivity contribution in [1.82, 2.24) is 15.3 Å². The predicted molar refractivity (Wildman–Crippen MR) is 268 cm³/mol. The summed E-state index contributed by atoms with van der Waals surface area (Å²) >= 11 is 13.6. The molecule has 72 heavy (non-hydrogen) atoms. The Morgan fingerprint density at radius 3 is 1.67 bits per heavy atom. The van der Waals surface area contributed by atoms with Gasteiger partial charge in [0.1, 0.15) is 67.6 Å². The molecular formula is C54H54Cl2N6O10. The average molecular weight is 1020 g/mol. The number of carboxylic acid groups (broad SMARTS) is 1. The first-order valence-electron chi connectivity index (χ1n) is 22.5. The molecule has 1 unspecified atom stereocenters. The lowest BCUT2D eigenvalue weighted by Crippen LogP contribution is -2.51. The van der Waals surface area contributed by atoms with Crippen molar-refractivity contribution in [2.24, 2.45) is 5.73 Å². The Morgan fingerprint density at radius 1 is 0.694 bits per heavy atom. The molecule has 0 bridgehead atoms. The average Bonchev–Trinajstić information content (AvgIpc) is 3.32. The number of nitrogens with zero attached hydrogens (tertiary/aromatic N) is 4. The molecule has 0 aliphatic carbocycles. The molecule has 374 valence electrons. The number of aromatic nitrogens is 2. The molecule has 0 amide bonds. The number of aliphatic hydroxyl groups is 2. The third kappa shape index (κ3) is 14.4. The number of pyridine rings is 2. The van der Waals surface area contributed by atoms with Gasteiger partial charge in [-0.05, 0) is 99.2 Å². The highest BCUT2D eigenvalue weighted by atomic mass is 35.5. The molecule has 2 aromatic heterocycles. The van der Waals surface area contributed by atoms with Crippen LogP contribution < -0.4 is 30.0 Å². The van der Waals surface area contributed by atoms with E-state index in [0.717, 1.165) is 33.4 Å². The zero-order valence-electron chi connectivity index (χ0n) is 40.5. The van der Waals surface area contributed by atoms with Crippen LogP contribution >= 0.6 is 23.2 Å². The first-order chi connectivity index (χ1) is 34.1. The number of nitrogens with two attached hydrogens (primary N) is 1. The number of nitrogens with one attached hydrogen (secondary N) is 1. The van der Waals surface area contributed by atoms with Crippen molar-refractivity contribution >= 4 is 35.1 Å². The molecule has 6 aromatic rings. The maximum Gasteiger partial charge on any atom is 0.323 e. The largest absolute Gasteiger partial charge is 0.488 e. The molecule has 2 atom stereocenters. The fraction of sp³-hybridized carbons (Fsp3) is 0.296. The summed E-state index contributed by atoms with van der Waals surface area (Å²) in [6.07, 6.45) is 4.38. The van der Waals surface area contributed by atoms with Gasteiger partial charge in [-0.2, -0.15) is 10.5 Å². The predicted octanol–water partition coefficient (Wildman–Crippen LogP) is 9.10. The highest BCUT2D eigenvalue weighted by Crippen LogP contribution is 2.39. The number of nitriles is 2. The van der Waals surface area contributed by atoms with E-state index in [0.29, 0.717) is 39.3 Å². The van der Waals surface area contributed by atoms with E-state index in [2.05, 4.69) is 27.4 Å². The molecule has 6 N–H and O–H groups in total. The molecule has 0 aliphatic heterocycles. The van der Waals surface area contributed by atoms with E-state index in [4.69, 9.17) is 52.6 Å². The molecule has 0 aliphatic rings. The van der Waals surface area contributed by atoms with E-state index in [-0.39, 0.29) is 66.5 Å². The Balaban J connectivity index is 1.22. The number of halogens is 2. The number of hydrogen-bond donors (Lipinski definition) is 5. The number of carbonyl (C=O) groups excluding carboxylic acids is 1. The second-order valence-corrected chi connectivity index (χ2v) is 19.0. The van der Waals surface area contributed by atoms with Crippen LogP contribution in [0.5, 0.6) is 23.0 Å². The quantitative estimate of drug-likeness (QED) is 0.0314. The van der Waals surface area contributed by atoms with E-state index < -0.39 is 35.4 Å². The minimum atomic E-state index is -1.59. The summed E-state index contributed by atoms with van der Waals surface area (Å²) in [5, 5.41) is 52.5. The summed E-state index contributed by atoms with van der Waals surface area (Å²) in [5.74, 6) is -0.872. The first-order valence-corrected chi connectivity index (χ1v) is 23.3. The minimum absolute atomic E-state index is 0.0160. The van der Waals surface area contributed by atoms with Gasteiger partial charge >= 0.3 is 11.9 Å². The molecule has 16 nitrogen and oxygen atoms in total. The lowest BCUT2D eigenvalue weighted by atomic mass is 9.92. The summed E-state index contributed by atoms with van der Waals surface area (Å²) in [7, 11) is 0. The van der Waals surface area contributed by atoms with Gasteiger partial charge in [0.2, 0.25) is 0 Å². The minimum Gasteiger partial charge on any atom is -0.488 e. The van der Waals surface area contributed by atoms with Gasteiger partial charge in [-0.15, -0.1) is 0 Å². The van der Waals surface area contributed by atoms with Crippen molar-refractivity contribution in [3.63, 3.8) is 0 Å². The molecular weight excluding hydrogens is 964 g/mol. The zero-order valence-corrected chi connectivity index (χ0v) is 42.0. The van der Waals surface area contributed by atoms with Crippen LogP contribution in [-0.4, -0.2) is 54.5 Å². The van der Waals surface area contributed by atoms with Crippen LogP contribution in [0.2, 0.25) is 10.0 Å². The number of aliphatic carboxylic acids is 1. The molecule has 18 heteroatoms. The van der Waals surface area contributed by atoms with E-state index in [1.54, 1.807) is 42.7 Å². The van der Waals surface area contributed by atoms with Gasteiger partial charge in [0.05, 0.1) is 44.4 Å². The molecule has 6 rings (SSSR count). The molecule has 0 fully saturated rings. The van der Waals surface area contributed by atoms with Gasteiger partial charge in [0.25, 0.3) is 0 Å². The number of esters is 1. The molecule has 0 spiro atoms. The van der Waals surface area contributed by atoms with Gasteiger partial charge in [-0.3, -0.25) is 30.6 Å². The highest BCUT2D eigenvalue weighted by molar-refractivity contribution is 6.32. The Bertz CT molecular complexity index is 3030. The normalized spacial score (nSPS) is 12.2. The van der Waals surface area contributed by atoms with Crippen LogP contribution in [0.3, 0.4) is 0 Å². The van der Waals surface area contributed by atoms with Crippen LogP contribution in [0.15, 0.2) is 97.6 Å². The van der Waals surface area contributed by atoms with Crippen molar-refractivity contribution in [2.45, 2.75) is 104 Å². The molecule has 4 aromatic carbocycles. The molecule has 0 radical (unpaired) electrons. The van der Waals surface area contributed by atoms with Gasteiger partial charge < -0.3 is 39.0 Å². The highest BCUT2D eigenvalue weighted by Gasteiger charge is 2.33. The van der Waals surface area contributed by atoms with Crippen molar-refractivity contribution in [3.8, 4) is 46.3 Å². The van der Waals surface area contributed by atoms with Crippen molar-refractivity contribution in [2.75, 3.05) is 0 Å². The number of carboxylic acids is 1. The van der Waals surface area contributed by atoms with Crippen LogP contribution in [-0.2, 0) is 47.3 Å².